The molecule has 0 aliphatic rings. The maximum Gasteiger partial charge on any atom is 0.243 e. The zero-order valence-electron chi connectivity index (χ0n) is 13.2. The predicted molar refractivity (Wildman–Crippen MR) is 94.2 cm³/mol. The third kappa shape index (κ3) is 4.91. The second-order valence-electron chi connectivity index (χ2n) is 5.59. The Labute approximate surface area is 139 Å². The molecule has 0 fully saturated rings. The molecule has 1 aromatic carbocycles. The molecular formula is C17H21N3O2S. The molecule has 0 aliphatic carbocycles. The summed E-state index contributed by atoms with van der Waals surface area (Å²) in [7, 11) is 0. The standard InChI is InChI=1S/C17H21N3O2S/c1-11(2)16(18)17(22)19-10-15(21)20-13-6-3-5-12(9-13)14-7-4-8-23-14/h3-9,11,16H,10,18H2,1-2H3,(H,19,22)(H,20,21)/t16-/m0/s1. The first-order valence-corrected chi connectivity index (χ1v) is 8.32. The van der Waals surface area contributed by atoms with Gasteiger partial charge in [0.05, 0.1) is 12.6 Å². The van der Waals surface area contributed by atoms with Gasteiger partial charge in [0, 0.05) is 10.6 Å². The van der Waals surface area contributed by atoms with E-state index in [0.717, 1.165) is 10.4 Å². The number of amides is 2. The Kier molecular flexibility index (Phi) is 5.90. The van der Waals surface area contributed by atoms with E-state index in [4.69, 9.17) is 5.73 Å². The van der Waals surface area contributed by atoms with Crippen LogP contribution in [0.3, 0.4) is 0 Å². The minimum Gasteiger partial charge on any atom is -0.346 e. The van der Waals surface area contributed by atoms with Gasteiger partial charge in [-0.05, 0) is 35.1 Å². The molecule has 1 atom stereocenters. The topological polar surface area (TPSA) is 84.2 Å². The molecule has 0 spiro atoms. The van der Waals surface area contributed by atoms with Gasteiger partial charge in [-0.2, -0.15) is 0 Å². The number of thiophene rings is 1. The lowest BCUT2D eigenvalue weighted by Gasteiger charge is -2.15. The Hall–Kier alpha value is -2.18. The highest BCUT2D eigenvalue weighted by molar-refractivity contribution is 7.13. The van der Waals surface area contributed by atoms with E-state index >= 15 is 0 Å². The number of rotatable bonds is 6. The predicted octanol–water partition coefficient (Wildman–Crippen LogP) is 2.45. The summed E-state index contributed by atoms with van der Waals surface area (Å²) in [5.74, 6) is -0.569. The fraction of sp³-hybridized carbons (Fsp3) is 0.294. The molecule has 2 aromatic rings. The van der Waals surface area contributed by atoms with E-state index in [1.807, 2.05) is 55.6 Å². The van der Waals surface area contributed by atoms with Crippen molar-refractivity contribution >= 4 is 28.8 Å². The fourth-order valence-electron chi connectivity index (χ4n) is 1.99. The van der Waals surface area contributed by atoms with Gasteiger partial charge in [-0.3, -0.25) is 9.59 Å². The maximum atomic E-state index is 11.9. The van der Waals surface area contributed by atoms with Crippen molar-refractivity contribution in [1.82, 2.24) is 5.32 Å². The number of hydrogen-bond donors (Lipinski definition) is 3. The van der Waals surface area contributed by atoms with Crippen LogP contribution in [-0.2, 0) is 9.59 Å². The highest BCUT2D eigenvalue weighted by Gasteiger charge is 2.17. The van der Waals surface area contributed by atoms with Gasteiger partial charge in [0.1, 0.15) is 0 Å². The number of carbonyl (C=O) groups excluding carboxylic acids is 2. The molecule has 1 heterocycles. The van der Waals surface area contributed by atoms with E-state index in [1.54, 1.807) is 11.3 Å². The molecular weight excluding hydrogens is 310 g/mol. The van der Waals surface area contributed by atoms with Crippen molar-refractivity contribution in [2.24, 2.45) is 11.7 Å². The van der Waals surface area contributed by atoms with E-state index in [2.05, 4.69) is 10.6 Å². The molecule has 0 saturated heterocycles. The average Bonchev–Trinajstić information content (AvgIpc) is 3.06. The van der Waals surface area contributed by atoms with E-state index in [0.29, 0.717) is 5.69 Å². The lowest BCUT2D eigenvalue weighted by Crippen LogP contribution is -2.46. The molecule has 5 nitrogen and oxygen atoms in total. The molecule has 1 aromatic heterocycles. The van der Waals surface area contributed by atoms with Crippen molar-refractivity contribution in [3.63, 3.8) is 0 Å². The maximum absolute atomic E-state index is 11.9. The average molecular weight is 331 g/mol. The number of hydrogen-bond acceptors (Lipinski definition) is 4. The second-order valence-corrected chi connectivity index (χ2v) is 6.54. The summed E-state index contributed by atoms with van der Waals surface area (Å²) >= 11 is 1.64. The normalized spacial score (nSPS) is 12.0. The summed E-state index contributed by atoms with van der Waals surface area (Å²) < 4.78 is 0. The van der Waals surface area contributed by atoms with Gasteiger partial charge >= 0.3 is 0 Å². The van der Waals surface area contributed by atoms with Gasteiger partial charge in [-0.15, -0.1) is 11.3 Å². The third-order valence-corrected chi connectivity index (χ3v) is 4.32. The number of nitrogens with one attached hydrogen (secondary N) is 2. The van der Waals surface area contributed by atoms with E-state index in [9.17, 15) is 9.59 Å². The summed E-state index contributed by atoms with van der Waals surface area (Å²) in [6.07, 6.45) is 0. The van der Waals surface area contributed by atoms with Crippen molar-refractivity contribution in [3.05, 3.63) is 41.8 Å². The van der Waals surface area contributed by atoms with Crippen LogP contribution in [0.25, 0.3) is 10.4 Å². The van der Waals surface area contributed by atoms with E-state index < -0.39 is 6.04 Å². The van der Waals surface area contributed by atoms with Gasteiger partial charge in [0.15, 0.2) is 0 Å². The SMILES string of the molecule is CC(C)[C@H](N)C(=O)NCC(=O)Nc1cccc(-c2cccs2)c1. The van der Waals surface area contributed by atoms with Crippen LogP contribution in [-0.4, -0.2) is 24.4 Å². The summed E-state index contributed by atoms with van der Waals surface area (Å²) in [5.41, 5.74) is 7.47. The van der Waals surface area contributed by atoms with Crippen molar-refractivity contribution in [1.29, 1.82) is 0 Å². The molecule has 0 bridgehead atoms. The van der Waals surface area contributed by atoms with E-state index in [1.165, 1.54) is 0 Å². The Bertz CT molecular complexity index is 668. The van der Waals surface area contributed by atoms with Crippen molar-refractivity contribution in [2.45, 2.75) is 19.9 Å². The molecule has 0 aliphatic heterocycles. The number of benzene rings is 1. The van der Waals surface area contributed by atoms with Gasteiger partial charge in [-0.1, -0.05) is 32.0 Å². The molecule has 2 rings (SSSR count). The van der Waals surface area contributed by atoms with Crippen molar-refractivity contribution in [3.8, 4) is 10.4 Å². The summed E-state index contributed by atoms with van der Waals surface area (Å²) in [6.45, 7) is 3.63. The summed E-state index contributed by atoms with van der Waals surface area (Å²) in [5, 5.41) is 7.34. The Morgan fingerprint density at radius 1 is 1.22 bits per heavy atom. The molecule has 23 heavy (non-hydrogen) atoms. The Morgan fingerprint density at radius 3 is 2.65 bits per heavy atom. The molecule has 122 valence electrons. The van der Waals surface area contributed by atoms with Crippen LogP contribution < -0.4 is 16.4 Å². The van der Waals surface area contributed by atoms with E-state index in [-0.39, 0.29) is 24.3 Å². The van der Waals surface area contributed by atoms with Gasteiger partial charge < -0.3 is 16.4 Å². The van der Waals surface area contributed by atoms with Crippen molar-refractivity contribution in [2.75, 3.05) is 11.9 Å². The first-order valence-electron chi connectivity index (χ1n) is 7.44. The van der Waals surface area contributed by atoms with Crippen LogP contribution >= 0.6 is 11.3 Å². The Balaban J connectivity index is 1.91. The van der Waals surface area contributed by atoms with Gasteiger partial charge in [0.25, 0.3) is 0 Å². The molecule has 6 heteroatoms. The lowest BCUT2D eigenvalue weighted by molar-refractivity contribution is -0.125. The van der Waals surface area contributed by atoms with Crippen molar-refractivity contribution < 1.29 is 9.59 Å². The summed E-state index contributed by atoms with van der Waals surface area (Å²) in [4.78, 5) is 24.8. The minimum atomic E-state index is -0.607. The number of nitrogens with two attached hydrogens (primary N) is 1. The van der Waals surface area contributed by atoms with Gasteiger partial charge in [-0.25, -0.2) is 0 Å². The molecule has 4 N–H and O–H groups in total. The number of anilines is 1. The van der Waals surface area contributed by atoms with Crippen LogP contribution in [0.2, 0.25) is 0 Å². The van der Waals surface area contributed by atoms with Crippen LogP contribution in [0, 0.1) is 5.92 Å². The van der Waals surface area contributed by atoms with Crippen LogP contribution in [0.15, 0.2) is 41.8 Å². The van der Waals surface area contributed by atoms with Gasteiger partial charge in [0.2, 0.25) is 11.8 Å². The second kappa shape index (κ2) is 7.89. The van der Waals surface area contributed by atoms with Crippen LogP contribution in [0.1, 0.15) is 13.8 Å². The molecule has 0 radical (unpaired) electrons. The summed E-state index contributed by atoms with van der Waals surface area (Å²) in [6, 6.07) is 11.0. The number of carbonyl (C=O) groups is 2. The monoisotopic (exact) mass is 331 g/mol. The van der Waals surface area contributed by atoms with Crippen LogP contribution in [0.5, 0.6) is 0 Å². The Morgan fingerprint density at radius 2 is 2.00 bits per heavy atom. The lowest BCUT2D eigenvalue weighted by atomic mass is 10.1. The molecule has 0 unspecified atom stereocenters. The smallest absolute Gasteiger partial charge is 0.243 e. The molecule has 2 amide bonds. The highest BCUT2D eigenvalue weighted by atomic mass is 32.1. The highest BCUT2D eigenvalue weighted by Crippen LogP contribution is 2.26. The first-order chi connectivity index (χ1) is 11.0. The third-order valence-electron chi connectivity index (χ3n) is 3.40. The zero-order chi connectivity index (χ0) is 16.8. The van der Waals surface area contributed by atoms with Crippen LogP contribution in [0.4, 0.5) is 5.69 Å². The first kappa shape index (κ1) is 17.2. The fourth-order valence-corrected chi connectivity index (χ4v) is 2.71. The minimum absolute atomic E-state index is 0.0283. The zero-order valence-corrected chi connectivity index (χ0v) is 14.0. The quantitative estimate of drug-likeness (QED) is 0.760. The largest absolute Gasteiger partial charge is 0.346 e. The molecule has 0 saturated carbocycles.